The second-order valence-electron chi connectivity index (χ2n) is 4.41. The molecule has 1 heterocycles. The molecule has 1 saturated heterocycles. The normalized spacial score (nSPS) is 27.0. The monoisotopic (exact) mass is 302 g/mol. The van der Waals surface area contributed by atoms with Crippen LogP contribution in [0.5, 0.6) is 0 Å². The predicted molar refractivity (Wildman–Crippen MR) is 71.7 cm³/mol. The van der Waals surface area contributed by atoms with Gasteiger partial charge in [0.1, 0.15) is 0 Å². The van der Waals surface area contributed by atoms with Crippen LogP contribution in [0.25, 0.3) is 0 Å². The van der Waals surface area contributed by atoms with E-state index in [2.05, 4.69) is 40.0 Å². The molecule has 2 unspecified atom stereocenters. The summed E-state index contributed by atoms with van der Waals surface area (Å²) >= 11 is 9.46. The van der Waals surface area contributed by atoms with Crippen molar-refractivity contribution >= 4 is 27.5 Å². The Morgan fingerprint density at radius 2 is 2.25 bits per heavy atom. The van der Waals surface area contributed by atoms with Gasteiger partial charge in [-0.05, 0) is 60.1 Å². The highest BCUT2D eigenvalue weighted by Crippen LogP contribution is 2.32. The molecule has 0 radical (unpaired) electrons. The minimum atomic E-state index is 0.215. The summed E-state index contributed by atoms with van der Waals surface area (Å²) in [5, 5.41) is 0.746. The van der Waals surface area contributed by atoms with Gasteiger partial charge in [-0.3, -0.25) is 4.90 Å². The van der Waals surface area contributed by atoms with Crippen molar-refractivity contribution in [2.24, 2.45) is 5.73 Å². The maximum atomic E-state index is 6.20. The molecule has 2 nitrogen and oxygen atoms in total. The van der Waals surface area contributed by atoms with Crippen LogP contribution < -0.4 is 5.73 Å². The summed E-state index contributed by atoms with van der Waals surface area (Å²) in [6, 6.07) is 6.60. The first kappa shape index (κ1) is 12.4. The molecule has 88 valence electrons. The fourth-order valence-electron chi connectivity index (χ4n) is 2.40. The van der Waals surface area contributed by atoms with E-state index >= 15 is 0 Å². The van der Waals surface area contributed by atoms with Crippen molar-refractivity contribution in [3.63, 3.8) is 0 Å². The maximum Gasteiger partial charge on any atom is 0.0548 e. The number of halogens is 2. The van der Waals surface area contributed by atoms with Crippen LogP contribution in [0.4, 0.5) is 0 Å². The Balaban J connectivity index is 2.30. The average molecular weight is 304 g/mol. The summed E-state index contributed by atoms with van der Waals surface area (Å²) in [6.07, 6.45) is 2.28. The van der Waals surface area contributed by atoms with E-state index in [9.17, 15) is 0 Å². The number of likely N-dealkylation sites (tertiary alicyclic amines) is 1. The van der Waals surface area contributed by atoms with Crippen molar-refractivity contribution in [1.29, 1.82) is 0 Å². The van der Waals surface area contributed by atoms with Crippen molar-refractivity contribution < 1.29 is 0 Å². The van der Waals surface area contributed by atoms with Crippen molar-refractivity contribution in [3.8, 4) is 0 Å². The fraction of sp³-hybridized carbons (Fsp3) is 0.500. The second-order valence-corrected chi connectivity index (χ2v) is 5.67. The molecule has 0 aromatic heterocycles. The van der Waals surface area contributed by atoms with Gasteiger partial charge >= 0.3 is 0 Å². The lowest BCUT2D eigenvalue weighted by molar-refractivity contribution is 0.163. The molecule has 16 heavy (non-hydrogen) atoms. The predicted octanol–water partition coefficient (Wildman–Crippen LogP) is 3.20. The number of nitrogens with zero attached hydrogens (tertiary/aromatic N) is 1. The smallest absolute Gasteiger partial charge is 0.0548 e. The Morgan fingerprint density at radius 1 is 1.50 bits per heavy atom. The van der Waals surface area contributed by atoms with Crippen molar-refractivity contribution in [2.45, 2.75) is 24.9 Å². The van der Waals surface area contributed by atoms with Gasteiger partial charge in [-0.2, -0.15) is 0 Å². The third-order valence-electron chi connectivity index (χ3n) is 3.21. The van der Waals surface area contributed by atoms with E-state index in [4.69, 9.17) is 17.3 Å². The molecule has 1 fully saturated rings. The molecule has 0 aliphatic carbocycles. The number of likely N-dealkylation sites (N-methyl/N-ethyl adjacent to an activating group) is 1. The molecular formula is C12H16BrClN2. The lowest BCUT2D eigenvalue weighted by atomic mass is 9.91. The number of piperidine rings is 1. The van der Waals surface area contributed by atoms with Gasteiger partial charge in [0.2, 0.25) is 0 Å². The van der Waals surface area contributed by atoms with E-state index < -0.39 is 0 Å². The molecule has 1 aliphatic rings. The Bertz CT molecular complexity index is 373. The Labute approximate surface area is 110 Å². The third kappa shape index (κ3) is 2.43. The van der Waals surface area contributed by atoms with Crippen LogP contribution in [-0.2, 0) is 0 Å². The summed E-state index contributed by atoms with van der Waals surface area (Å²) < 4.78 is 0.942. The minimum absolute atomic E-state index is 0.215. The summed E-state index contributed by atoms with van der Waals surface area (Å²) in [7, 11) is 2.13. The van der Waals surface area contributed by atoms with E-state index in [0.717, 1.165) is 22.5 Å². The molecular weight excluding hydrogens is 288 g/mol. The van der Waals surface area contributed by atoms with E-state index in [1.807, 2.05) is 6.07 Å². The summed E-state index contributed by atoms with van der Waals surface area (Å²) in [4.78, 5) is 2.32. The van der Waals surface area contributed by atoms with Gasteiger partial charge in [0.25, 0.3) is 0 Å². The SMILES string of the molecule is CN1CCCC(N)C1c1ccc(Cl)c(Br)c1. The topological polar surface area (TPSA) is 29.3 Å². The first-order chi connectivity index (χ1) is 7.59. The zero-order valence-corrected chi connectivity index (χ0v) is 11.6. The first-order valence-electron chi connectivity index (χ1n) is 5.50. The molecule has 0 saturated carbocycles. The summed E-state index contributed by atoms with van der Waals surface area (Å²) in [5.74, 6) is 0. The Morgan fingerprint density at radius 3 is 2.88 bits per heavy atom. The fourth-order valence-corrected chi connectivity index (χ4v) is 2.91. The van der Waals surface area contributed by atoms with Crippen LogP contribution >= 0.6 is 27.5 Å². The summed E-state index contributed by atoms with van der Waals surface area (Å²) in [6.45, 7) is 1.11. The van der Waals surface area contributed by atoms with E-state index in [1.165, 1.54) is 12.0 Å². The molecule has 1 aromatic carbocycles. The molecule has 1 aromatic rings. The minimum Gasteiger partial charge on any atom is -0.326 e. The van der Waals surface area contributed by atoms with Gasteiger partial charge in [0.15, 0.2) is 0 Å². The van der Waals surface area contributed by atoms with Gasteiger partial charge in [0.05, 0.1) is 5.02 Å². The van der Waals surface area contributed by atoms with Crippen LogP contribution in [0.2, 0.25) is 5.02 Å². The second kappa shape index (κ2) is 5.05. The quantitative estimate of drug-likeness (QED) is 0.863. The molecule has 0 amide bonds. The van der Waals surface area contributed by atoms with Gasteiger partial charge in [-0.25, -0.2) is 0 Å². The van der Waals surface area contributed by atoms with Crippen LogP contribution in [0.1, 0.15) is 24.4 Å². The van der Waals surface area contributed by atoms with E-state index in [-0.39, 0.29) is 6.04 Å². The van der Waals surface area contributed by atoms with Crippen molar-refractivity contribution in [2.75, 3.05) is 13.6 Å². The Kier molecular flexibility index (Phi) is 3.90. The standard InChI is InChI=1S/C12H16BrClN2/c1-16-6-2-3-11(15)12(16)8-4-5-10(14)9(13)7-8/h4-5,7,11-12H,2-3,6,15H2,1H3. The lowest BCUT2D eigenvalue weighted by Crippen LogP contribution is -2.43. The zero-order chi connectivity index (χ0) is 11.7. The third-order valence-corrected chi connectivity index (χ3v) is 4.43. The van der Waals surface area contributed by atoms with Crippen molar-refractivity contribution in [1.82, 2.24) is 4.90 Å². The molecule has 4 heteroatoms. The number of nitrogens with two attached hydrogens (primary N) is 1. The molecule has 2 atom stereocenters. The van der Waals surface area contributed by atoms with Crippen LogP contribution in [-0.4, -0.2) is 24.5 Å². The lowest BCUT2D eigenvalue weighted by Gasteiger charge is -2.37. The van der Waals surface area contributed by atoms with Crippen LogP contribution in [0.15, 0.2) is 22.7 Å². The maximum absolute atomic E-state index is 6.20. The molecule has 2 N–H and O–H groups in total. The highest BCUT2D eigenvalue weighted by molar-refractivity contribution is 9.10. The number of hydrogen-bond donors (Lipinski definition) is 1. The molecule has 0 bridgehead atoms. The zero-order valence-electron chi connectivity index (χ0n) is 9.29. The molecule has 0 spiro atoms. The van der Waals surface area contributed by atoms with Crippen LogP contribution in [0, 0.1) is 0 Å². The van der Waals surface area contributed by atoms with Crippen LogP contribution in [0.3, 0.4) is 0 Å². The summed E-state index contributed by atoms with van der Waals surface area (Å²) in [5.41, 5.74) is 7.44. The molecule has 2 rings (SSSR count). The number of hydrogen-bond acceptors (Lipinski definition) is 2. The number of benzene rings is 1. The van der Waals surface area contributed by atoms with Gasteiger partial charge < -0.3 is 5.73 Å². The van der Waals surface area contributed by atoms with Gasteiger partial charge in [0, 0.05) is 16.6 Å². The highest BCUT2D eigenvalue weighted by Gasteiger charge is 2.27. The van der Waals surface area contributed by atoms with Gasteiger partial charge in [-0.15, -0.1) is 0 Å². The largest absolute Gasteiger partial charge is 0.326 e. The first-order valence-corrected chi connectivity index (χ1v) is 6.67. The van der Waals surface area contributed by atoms with E-state index in [1.54, 1.807) is 0 Å². The molecule has 1 aliphatic heterocycles. The Hall–Kier alpha value is -0.0900. The van der Waals surface area contributed by atoms with Gasteiger partial charge in [-0.1, -0.05) is 17.7 Å². The average Bonchev–Trinajstić information content (AvgIpc) is 2.23. The van der Waals surface area contributed by atoms with E-state index in [0.29, 0.717) is 6.04 Å². The highest BCUT2D eigenvalue weighted by atomic mass is 79.9. The van der Waals surface area contributed by atoms with Crippen molar-refractivity contribution in [3.05, 3.63) is 33.3 Å². The number of rotatable bonds is 1.